The highest BCUT2D eigenvalue weighted by Crippen LogP contribution is 2.32. The molecule has 0 aliphatic rings. The summed E-state index contributed by atoms with van der Waals surface area (Å²) >= 11 is 11.6. The number of ether oxygens (including phenoxy) is 1. The molecule has 0 unspecified atom stereocenters. The van der Waals surface area contributed by atoms with Crippen LogP contribution in [0.25, 0.3) is 5.69 Å². The molecular formula is C11H7Cl2F3N2O. The summed E-state index contributed by atoms with van der Waals surface area (Å²) < 4.78 is 43.5. The highest BCUT2D eigenvalue weighted by molar-refractivity contribution is 6.32. The molecule has 102 valence electrons. The lowest BCUT2D eigenvalue weighted by molar-refractivity contribution is -0.141. The van der Waals surface area contributed by atoms with Gasteiger partial charge in [0.1, 0.15) is 10.9 Å². The fraction of sp³-hybridized carbons (Fsp3) is 0.182. The molecule has 0 saturated heterocycles. The first kappa shape index (κ1) is 14.0. The number of methoxy groups -OCH3 is 1. The summed E-state index contributed by atoms with van der Waals surface area (Å²) in [5.41, 5.74) is -0.742. The molecule has 0 aliphatic heterocycles. The van der Waals surface area contributed by atoms with Gasteiger partial charge in [0.05, 0.1) is 17.8 Å². The number of hydrogen-bond acceptors (Lipinski definition) is 2. The van der Waals surface area contributed by atoms with Gasteiger partial charge in [-0.25, -0.2) is 4.68 Å². The second kappa shape index (κ2) is 4.94. The van der Waals surface area contributed by atoms with E-state index in [-0.39, 0.29) is 5.15 Å². The second-order valence-corrected chi connectivity index (χ2v) is 4.38. The molecule has 0 saturated carbocycles. The molecule has 2 aromatic rings. The van der Waals surface area contributed by atoms with Crippen LogP contribution in [0.4, 0.5) is 13.2 Å². The highest BCUT2D eigenvalue weighted by atomic mass is 35.5. The zero-order valence-electron chi connectivity index (χ0n) is 9.50. The van der Waals surface area contributed by atoms with Crippen molar-refractivity contribution < 1.29 is 17.9 Å². The normalized spacial score (nSPS) is 11.7. The van der Waals surface area contributed by atoms with Crippen molar-refractivity contribution in [1.82, 2.24) is 9.78 Å². The maximum Gasteiger partial charge on any atom is 0.435 e. The number of alkyl halides is 3. The molecule has 0 aliphatic carbocycles. The van der Waals surface area contributed by atoms with Gasteiger partial charge in [0, 0.05) is 12.1 Å². The van der Waals surface area contributed by atoms with E-state index >= 15 is 0 Å². The van der Waals surface area contributed by atoms with Gasteiger partial charge in [-0.05, 0) is 12.1 Å². The molecule has 0 fully saturated rings. The molecule has 1 heterocycles. The number of halogens is 5. The average Bonchev–Trinajstić information content (AvgIpc) is 2.72. The molecule has 0 radical (unpaired) electrons. The topological polar surface area (TPSA) is 27.1 Å². The maximum absolute atomic E-state index is 12.5. The van der Waals surface area contributed by atoms with Crippen LogP contribution in [0, 0.1) is 0 Å². The lowest BCUT2D eigenvalue weighted by Crippen LogP contribution is -2.07. The van der Waals surface area contributed by atoms with Crippen LogP contribution in [0.5, 0.6) is 5.75 Å². The Hall–Kier alpha value is -1.40. The molecule has 3 nitrogen and oxygen atoms in total. The molecule has 0 N–H and O–H groups in total. The van der Waals surface area contributed by atoms with Crippen molar-refractivity contribution in [3.8, 4) is 11.4 Å². The minimum absolute atomic E-state index is 0.156. The first-order valence-electron chi connectivity index (χ1n) is 4.99. The fourth-order valence-corrected chi connectivity index (χ4v) is 1.89. The van der Waals surface area contributed by atoms with Crippen molar-refractivity contribution in [3.05, 3.63) is 40.1 Å². The van der Waals surface area contributed by atoms with E-state index in [1.54, 1.807) is 0 Å². The lowest BCUT2D eigenvalue weighted by Gasteiger charge is -2.07. The third-order valence-corrected chi connectivity index (χ3v) is 2.92. The van der Waals surface area contributed by atoms with Crippen LogP contribution in [0.15, 0.2) is 24.3 Å². The van der Waals surface area contributed by atoms with Crippen molar-refractivity contribution in [2.24, 2.45) is 0 Å². The van der Waals surface area contributed by atoms with Gasteiger partial charge >= 0.3 is 6.18 Å². The van der Waals surface area contributed by atoms with E-state index < -0.39 is 11.9 Å². The van der Waals surface area contributed by atoms with E-state index in [0.29, 0.717) is 16.5 Å². The Kier molecular flexibility index (Phi) is 3.64. The summed E-state index contributed by atoms with van der Waals surface area (Å²) in [5.74, 6) is 0.319. The van der Waals surface area contributed by atoms with Gasteiger partial charge in [0.25, 0.3) is 0 Å². The van der Waals surface area contributed by atoms with Gasteiger partial charge in [-0.3, -0.25) is 0 Å². The molecule has 19 heavy (non-hydrogen) atoms. The summed E-state index contributed by atoms with van der Waals surface area (Å²) in [6.45, 7) is 0. The van der Waals surface area contributed by atoms with Gasteiger partial charge in [0.15, 0.2) is 5.69 Å². The zero-order valence-corrected chi connectivity index (χ0v) is 11.0. The van der Waals surface area contributed by atoms with Crippen LogP contribution in [-0.2, 0) is 6.18 Å². The van der Waals surface area contributed by atoms with Crippen molar-refractivity contribution in [2.45, 2.75) is 6.18 Å². The van der Waals surface area contributed by atoms with Crippen molar-refractivity contribution in [3.63, 3.8) is 0 Å². The third-order valence-electron chi connectivity index (χ3n) is 2.34. The second-order valence-electron chi connectivity index (χ2n) is 3.58. The molecule has 0 amide bonds. The Bertz CT molecular complexity index is 610. The van der Waals surface area contributed by atoms with Crippen molar-refractivity contribution in [2.75, 3.05) is 7.11 Å². The SMILES string of the molecule is COc1cc(-n2nc(C(F)(F)F)cc2Cl)ccc1Cl. The van der Waals surface area contributed by atoms with Crippen LogP contribution < -0.4 is 4.74 Å². The van der Waals surface area contributed by atoms with Crippen molar-refractivity contribution >= 4 is 23.2 Å². The standard InChI is InChI=1S/C11H7Cl2F3N2O/c1-19-8-4-6(2-3-7(8)12)18-10(13)5-9(17-18)11(14,15)16/h2-5H,1H3. The molecule has 8 heteroatoms. The van der Waals surface area contributed by atoms with E-state index in [0.717, 1.165) is 10.7 Å². The third kappa shape index (κ3) is 2.79. The number of rotatable bonds is 2. The quantitative estimate of drug-likeness (QED) is 0.831. The molecule has 1 aromatic carbocycles. The zero-order chi connectivity index (χ0) is 14.2. The van der Waals surface area contributed by atoms with Crippen LogP contribution in [0.2, 0.25) is 10.2 Å². The Morgan fingerprint density at radius 2 is 1.89 bits per heavy atom. The first-order valence-corrected chi connectivity index (χ1v) is 5.75. The lowest BCUT2D eigenvalue weighted by atomic mass is 10.3. The monoisotopic (exact) mass is 310 g/mol. The molecule has 1 aromatic heterocycles. The largest absolute Gasteiger partial charge is 0.495 e. The first-order chi connectivity index (χ1) is 8.82. The summed E-state index contributed by atoms with van der Waals surface area (Å²) in [6.07, 6.45) is -4.55. The van der Waals surface area contributed by atoms with E-state index in [1.165, 1.54) is 25.3 Å². The highest BCUT2D eigenvalue weighted by Gasteiger charge is 2.35. The fourth-order valence-electron chi connectivity index (χ4n) is 1.46. The summed E-state index contributed by atoms with van der Waals surface area (Å²) in [7, 11) is 1.40. The van der Waals surface area contributed by atoms with Crippen LogP contribution in [0.3, 0.4) is 0 Å². The molecular weight excluding hydrogens is 304 g/mol. The van der Waals surface area contributed by atoms with Crippen molar-refractivity contribution in [1.29, 1.82) is 0 Å². The van der Waals surface area contributed by atoms with Crippen LogP contribution in [0.1, 0.15) is 5.69 Å². The number of benzene rings is 1. The molecule has 0 spiro atoms. The van der Waals surface area contributed by atoms with E-state index in [1.807, 2.05) is 0 Å². The molecule has 0 atom stereocenters. The molecule has 0 bridgehead atoms. The number of hydrogen-bond donors (Lipinski definition) is 0. The average molecular weight is 311 g/mol. The smallest absolute Gasteiger partial charge is 0.435 e. The summed E-state index contributed by atoms with van der Waals surface area (Å²) in [4.78, 5) is 0. The maximum atomic E-state index is 12.5. The van der Waals surface area contributed by atoms with E-state index in [4.69, 9.17) is 27.9 Å². The van der Waals surface area contributed by atoms with Gasteiger partial charge in [-0.15, -0.1) is 0 Å². The summed E-state index contributed by atoms with van der Waals surface area (Å²) in [5, 5.41) is 3.60. The van der Waals surface area contributed by atoms with Gasteiger partial charge < -0.3 is 4.74 Å². The number of aromatic nitrogens is 2. The Balaban J connectivity index is 2.50. The minimum atomic E-state index is -4.55. The predicted octanol–water partition coefficient (Wildman–Crippen LogP) is 4.21. The Morgan fingerprint density at radius 1 is 1.21 bits per heavy atom. The van der Waals surface area contributed by atoms with Gasteiger partial charge in [0.2, 0.25) is 0 Å². The Labute approximate surface area is 116 Å². The molecule has 2 rings (SSSR count). The van der Waals surface area contributed by atoms with Crippen LogP contribution in [-0.4, -0.2) is 16.9 Å². The summed E-state index contributed by atoms with van der Waals surface area (Å²) in [6, 6.07) is 5.18. The van der Waals surface area contributed by atoms with E-state index in [9.17, 15) is 13.2 Å². The van der Waals surface area contributed by atoms with Gasteiger partial charge in [-0.2, -0.15) is 18.3 Å². The van der Waals surface area contributed by atoms with E-state index in [2.05, 4.69) is 5.10 Å². The number of nitrogens with zero attached hydrogens (tertiary/aromatic N) is 2. The van der Waals surface area contributed by atoms with Crippen LogP contribution >= 0.6 is 23.2 Å². The van der Waals surface area contributed by atoms with Gasteiger partial charge in [-0.1, -0.05) is 23.2 Å². The minimum Gasteiger partial charge on any atom is -0.495 e. The Morgan fingerprint density at radius 3 is 2.42 bits per heavy atom. The predicted molar refractivity (Wildman–Crippen MR) is 65.1 cm³/mol.